The molecule has 0 bridgehead atoms. The third-order valence-electron chi connectivity index (χ3n) is 6.09. The van der Waals surface area contributed by atoms with Gasteiger partial charge >= 0.3 is 6.18 Å². The maximum absolute atomic E-state index is 13.1. The molecule has 9 nitrogen and oxygen atoms in total. The van der Waals surface area contributed by atoms with Crippen molar-refractivity contribution in [2.75, 3.05) is 11.5 Å². The summed E-state index contributed by atoms with van der Waals surface area (Å²) in [5.41, 5.74) is 12.0. The molecule has 5 rings (SSSR count). The van der Waals surface area contributed by atoms with Gasteiger partial charge in [0.1, 0.15) is 35.8 Å². The zero-order valence-corrected chi connectivity index (χ0v) is 17.6. The molecule has 0 spiro atoms. The summed E-state index contributed by atoms with van der Waals surface area (Å²) in [7, 11) is 0. The second-order valence-electron chi connectivity index (χ2n) is 8.25. The van der Waals surface area contributed by atoms with E-state index in [1.54, 1.807) is 35.0 Å². The maximum atomic E-state index is 13.1. The second-order valence-corrected chi connectivity index (χ2v) is 8.25. The molecule has 3 aromatic heterocycles. The Morgan fingerprint density at radius 1 is 1.03 bits per heavy atom. The number of fused-ring (bicyclic) bond motifs is 2. The number of anilines is 2. The third kappa shape index (κ3) is 3.79. The number of halogens is 3. The van der Waals surface area contributed by atoms with Gasteiger partial charge in [-0.1, -0.05) is 12.1 Å². The van der Waals surface area contributed by atoms with Crippen molar-refractivity contribution in [1.29, 1.82) is 0 Å². The summed E-state index contributed by atoms with van der Waals surface area (Å²) in [6.07, 6.45) is -4.73. The summed E-state index contributed by atoms with van der Waals surface area (Å²) < 4.78 is 46.8. The largest absolute Gasteiger partial charge is 0.419 e. The van der Waals surface area contributed by atoms with Crippen LogP contribution >= 0.6 is 0 Å². The highest BCUT2D eigenvalue weighted by molar-refractivity contribution is 5.86. The van der Waals surface area contributed by atoms with E-state index in [1.807, 2.05) is 0 Å². The lowest BCUT2D eigenvalue weighted by molar-refractivity contribution is -0.137. The SMILES string of the molecule is Nc1nc2cc(CC[C@H]3OC(n4ccc5c(N)ncnc54)[C@H](O)[C@@H]3O)ccc2cc1C(F)(F)F. The Morgan fingerprint density at radius 2 is 1.82 bits per heavy atom. The molecule has 0 amide bonds. The molecule has 1 aliphatic heterocycles. The van der Waals surface area contributed by atoms with E-state index in [2.05, 4.69) is 15.0 Å². The third-order valence-corrected chi connectivity index (χ3v) is 6.09. The normalized spacial score (nSPS) is 23.2. The fourth-order valence-electron chi connectivity index (χ4n) is 4.31. The van der Waals surface area contributed by atoms with Crippen LogP contribution in [0.4, 0.5) is 24.8 Å². The van der Waals surface area contributed by atoms with Crippen molar-refractivity contribution in [1.82, 2.24) is 19.5 Å². The number of benzene rings is 1. The molecule has 12 heteroatoms. The van der Waals surface area contributed by atoms with Crippen LogP contribution in [0.25, 0.3) is 21.9 Å². The van der Waals surface area contributed by atoms with Crippen LogP contribution < -0.4 is 11.5 Å². The summed E-state index contributed by atoms with van der Waals surface area (Å²) in [6, 6.07) is 7.57. The van der Waals surface area contributed by atoms with Gasteiger partial charge in [-0.2, -0.15) is 13.2 Å². The van der Waals surface area contributed by atoms with Crippen LogP contribution in [0, 0.1) is 0 Å². The molecule has 1 aliphatic rings. The Balaban J connectivity index is 1.33. The molecule has 0 aliphatic carbocycles. The summed E-state index contributed by atoms with van der Waals surface area (Å²) in [5.74, 6) is -0.290. The first-order valence-corrected chi connectivity index (χ1v) is 10.5. The number of hydrogen-bond donors (Lipinski definition) is 4. The molecule has 6 N–H and O–H groups in total. The van der Waals surface area contributed by atoms with Crippen molar-refractivity contribution in [3.8, 4) is 0 Å². The van der Waals surface area contributed by atoms with E-state index >= 15 is 0 Å². The lowest BCUT2D eigenvalue weighted by Gasteiger charge is -2.17. The Labute approximate surface area is 190 Å². The number of aliphatic hydroxyl groups is 2. The number of hydrogen-bond acceptors (Lipinski definition) is 8. The first-order valence-electron chi connectivity index (χ1n) is 10.5. The quantitative estimate of drug-likeness (QED) is 0.353. The molecule has 0 radical (unpaired) electrons. The first-order chi connectivity index (χ1) is 16.1. The number of nitrogen functional groups attached to an aromatic ring is 2. The number of aromatic nitrogens is 4. The molecule has 4 atom stereocenters. The van der Waals surface area contributed by atoms with E-state index in [-0.39, 0.29) is 0 Å². The topological polar surface area (TPSA) is 145 Å². The Bertz CT molecular complexity index is 1380. The minimum atomic E-state index is -4.58. The average molecular weight is 474 g/mol. The van der Waals surface area contributed by atoms with E-state index < -0.39 is 42.1 Å². The van der Waals surface area contributed by atoms with Gasteiger partial charge in [-0.15, -0.1) is 0 Å². The van der Waals surface area contributed by atoms with E-state index in [0.717, 1.165) is 11.6 Å². The van der Waals surface area contributed by atoms with Crippen molar-refractivity contribution in [2.45, 2.75) is 43.6 Å². The standard InChI is InChI=1S/C22H21F3N6O3/c23-22(24,25)13-8-11-3-1-10(7-14(11)30-19(13)27)2-4-15-16(32)17(33)21(34-15)31-6-5-12-18(26)28-9-29-20(12)31/h1,3,5-9,15-17,21,32-33H,2,4H2,(H2,27,30)(H2,26,28,29)/t15-,16-,17-,21?/m1/s1. The summed E-state index contributed by atoms with van der Waals surface area (Å²) in [5, 5.41) is 22.1. The minimum Gasteiger partial charge on any atom is -0.388 e. The van der Waals surface area contributed by atoms with Gasteiger partial charge in [0.2, 0.25) is 0 Å². The van der Waals surface area contributed by atoms with Gasteiger partial charge in [-0.05, 0) is 36.6 Å². The van der Waals surface area contributed by atoms with Crippen LogP contribution in [0.3, 0.4) is 0 Å². The number of pyridine rings is 1. The number of aryl methyl sites for hydroxylation is 1. The lowest BCUT2D eigenvalue weighted by atomic mass is 10.0. The van der Waals surface area contributed by atoms with Crippen LogP contribution in [0.1, 0.15) is 23.8 Å². The van der Waals surface area contributed by atoms with Crippen molar-refractivity contribution in [2.24, 2.45) is 0 Å². The highest BCUT2D eigenvalue weighted by atomic mass is 19.4. The zero-order chi connectivity index (χ0) is 24.2. The molecule has 1 aromatic carbocycles. The molecular weight excluding hydrogens is 453 g/mol. The zero-order valence-electron chi connectivity index (χ0n) is 17.6. The molecule has 34 heavy (non-hydrogen) atoms. The van der Waals surface area contributed by atoms with E-state index in [9.17, 15) is 23.4 Å². The molecule has 1 fully saturated rings. The fraction of sp³-hybridized carbons (Fsp3) is 0.318. The number of nitrogens with zero attached hydrogens (tertiary/aromatic N) is 4. The number of ether oxygens (including phenoxy) is 1. The number of nitrogens with two attached hydrogens (primary N) is 2. The van der Waals surface area contributed by atoms with Crippen LogP contribution in [-0.2, 0) is 17.3 Å². The van der Waals surface area contributed by atoms with Crippen molar-refractivity contribution >= 4 is 33.6 Å². The predicted octanol–water partition coefficient (Wildman–Crippen LogP) is 2.41. The summed E-state index contributed by atoms with van der Waals surface area (Å²) >= 11 is 0. The molecule has 178 valence electrons. The van der Waals surface area contributed by atoms with Crippen molar-refractivity contribution in [3.63, 3.8) is 0 Å². The van der Waals surface area contributed by atoms with Gasteiger partial charge in [0.25, 0.3) is 0 Å². The maximum Gasteiger partial charge on any atom is 0.419 e. The van der Waals surface area contributed by atoms with Gasteiger partial charge < -0.3 is 31.0 Å². The van der Waals surface area contributed by atoms with Gasteiger partial charge in [0.15, 0.2) is 6.23 Å². The minimum absolute atomic E-state index is 0.293. The summed E-state index contributed by atoms with van der Waals surface area (Å²) in [4.78, 5) is 12.0. The second kappa shape index (κ2) is 8.08. The van der Waals surface area contributed by atoms with Gasteiger partial charge in [0, 0.05) is 11.6 Å². The Hall–Kier alpha value is -3.48. The van der Waals surface area contributed by atoms with Crippen molar-refractivity contribution < 1.29 is 28.1 Å². The molecule has 1 unspecified atom stereocenters. The molecule has 4 aromatic rings. The van der Waals surface area contributed by atoms with E-state index in [0.29, 0.717) is 40.6 Å². The number of alkyl halides is 3. The van der Waals surface area contributed by atoms with Crippen LogP contribution in [0.15, 0.2) is 42.9 Å². The molecule has 0 saturated carbocycles. The average Bonchev–Trinajstić information content (AvgIpc) is 3.33. The highest BCUT2D eigenvalue weighted by Gasteiger charge is 2.43. The molecule has 1 saturated heterocycles. The van der Waals surface area contributed by atoms with E-state index in [4.69, 9.17) is 16.2 Å². The molecule has 4 heterocycles. The van der Waals surface area contributed by atoms with E-state index in [1.165, 1.54) is 6.33 Å². The van der Waals surface area contributed by atoms with Gasteiger partial charge in [-0.3, -0.25) is 0 Å². The Kier molecular flexibility index (Phi) is 5.30. The van der Waals surface area contributed by atoms with Gasteiger partial charge in [-0.25, -0.2) is 15.0 Å². The van der Waals surface area contributed by atoms with Crippen LogP contribution in [0.5, 0.6) is 0 Å². The monoisotopic (exact) mass is 474 g/mol. The van der Waals surface area contributed by atoms with Crippen LogP contribution in [-0.4, -0.2) is 48.0 Å². The smallest absolute Gasteiger partial charge is 0.388 e. The summed E-state index contributed by atoms with van der Waals surface area (Å²) in [6.45, 7) is 0. The lowest BCUT2D eigenvalue weighted by Crippen LogP contribution is -2.31. The fourth-order valence-corrected chi connectivity index (χ4v) is 4.31. The predicted molar refractivity (Wildman–Crippen MR) is 117 cm³/mol. The highest BCUT2D eigenvalue weighted by Crippen LogP contribution is 2.36. The first kappa shape index (κ1) is 22.3. The number of aliphatic hydroxyl groups excluding tert-OH is 2. The molecular formula is C22H21F3N6O3. The van der Waals surface area contributed by atoms with Gasteiger partial charge in [0.05, 0.1) is 22.6 Å². The van der Waals surface area contributed by atoms with Crippen molar-refractivity contribution in [3.05, 3.63) is 54.0 Å². The number of rotatable bonds is 4. The van der Waals surface area contributed by atoms with Crippen LogP contribution in [0.2, 0.25) is 0 Å². The Morgan fingerprint density at radius 3 is 2.59 bits per heavy atom.